The third kappa shape index (κ3) is 5.35. The van der Waals surface area contributed by atoms with Crippen LogP contribution in [0.3, 0.4) is 0 Å². The fourth-order valence-corrected chi connectivity index (χ4v) is 4.35. The van der Waals surface area contributed by atoms with Gasteiger partial charge in [-0.15, -0.1) is 11.8 Å². The number of hydrogen-bond acceptors (Lipinski definition) is 9. The minimum atomic E-state index is -0.921. The van der Waals surface area contributed by atoms with Crippen molar-refractivity contribution in [3.63, 3.8) is 0 Å². The van der Waals surface area contributed by atoms with E-state index in [-0.39, 0.29) is 29.4 Å². The monoisotopic (exact) mass is 476 g/mol. The Balaban J connectivity index is 1.73. The number of benzene rings is 1. The van der Waals surface area contributed by atoms with E-state index >= 15 is 0 Å². The number of β-lactam (4-membered cyclic amide) rings is 1. The standard InChI is InChI=1S/C19H20N6O7S/c1-19(2,3)32-18(28)21-13-15(26)24-14(12(22-23-20)9-33-16(13)24)17(27)31-8-10-4-6-11(7-5-10)25(29)30/h4-7,13,16H,8-9H2,1-3H3,(H,21,28)/t13?,16-/m1/s1. The number of azide groups is 1. The Morgan fingerprint density at radius 3 is 2.61 bits per heavy atom. The number of esters is 1. The summed E-state index contributed by atoms with van der Waals surface area (Å²) in [4.78, 5) is 51.6. The normalized spacial score (nSPS) is 19.6. The molecule has 0 saturated carbocycles. The van der Waals surface area contributed by atoms with Gasteiger partial charge in [0.15, 0.2) is 0 Å². The van der Waals surface area contributed by atoms with Crippen molar-refractivity contribution in [1.29, 1.82) is 0 Å². The van der Waals surface area contributed by atoms with E-state index in [9.17, 15) is 24.5 Å². The number of thioether (sulfide) groups is 1. The molecule has 0 radical (unpaired) electrons. The third-order valence-electron chi connectivity index (χ3n) is 4.50. The summed E-state index contributed by atoms with van der Waals surface area (Å²) in [5, 5.41) is 16.2. The van der Waals surface area contributed by atoms with Crippen LogP contribution in [-0.2, 0) is 25.7 Å². The molecule has 14 heteroatoms. The lowest BCUT2D eigenvalue weighted by Crippen LogP contribution is -2.70. The average Bonchev–Trinajstić information content (AvgIpc) is 2.74. The van der Waals surface area contributed by atoms with Gasteiger partial charge in [-0.1, -0.05) is 5.11 Å². The van der Waals surface area contributed by atoms with Crippen LogP contribution in [-0.4, -0.2) is 50.6 Å². The van der Waals surface area contributed by atoms with Crippen LogP contribution >= 0.6 is 11.8 Å². The average molecular weight is 476 g/mol. The van der Waals surface area contributed by atoms with E-state index in [4.69, 9.17) is 15.0 Å². The topological polar surface area (TPSA) is 177 Å². The molecule has 0 aliphatic carbocycles. The van der Waals surface area contributed by atoms with Gasteiger partial charge in [-0.25, -0.2) is 9.59 Å². The number of nitro groups is 1. The van der Waals surface area contributed by atoms with E-state index in [1.165, 1.54) is 36.0 Å². The molecular formula is C19H20N6O7S. The summed E-state index contributed by atoms with van der Waals surface area (Å²) in [6.07, 6.45) is -0.770. The second-order valence-electron chi connectivity index (χ2n) is 8.02. The zero-order valence-electron chi connectivity index (χ0n) is 17.9. The third-order valence-corrected chi connectivity index (χ3v) is 5.76. The highest BCUT2D eigenvalue weighted by Crippen LogP contribution is 2.41. The van der Waals surface area contributed by atoms with Gasteiger partial charge in [0, 0.05) is 22.8 Å². The summed E-state index contributed by atoms with van der Waals surface area (Å²) in [5.41, 5.74) is 8.29. The summed E-state index contributed by atoms with van der Waals surface area (Å²) in [7, 11) is 0. The second kappa shape index (κ2) is 9.38. The molecule has 13 nitrogen and oxygen atoms in total. The van der Waals surface area contributed by atoms with Crippen LogP contribution in [0.15, 0.2) is 40.8 Å². The van der Waals surface area contributed by atoms with Crippen molar-refractivity contribution in [3.05, 3.63) is 61.8 Å². The number of ether oxygens (including phenoxy) is 2. The molecule has 1 saturated heterocycles. The number of rotatable bonds is 6. The molecule has 0 bridgehead atoms. The molecule has 1 N–H and O–H groups in total. The molecule has 1 aromatic carbocycles. The first-order chi connectivity index (χ1) is 15.5. The van der Waals surface area contributed by atoms with E-state index in [0.717, 1.165) is 4.90 Å². The number of fused-ring (bicyclic) bond motifs is 1. The first kappa shape index (κ1) is 23.9. The Morgan fingerprint density at radius 1 is 1.36 bits per heavy atom. The SMILES string of the molecule is CC(C)(C)OC(=O)NC1C(=O)N2C(C(=O)OCc3ccc([N+](=O)[O-])cc3)=C(N=[N+]=[N-])CS[C@H]12. The number of non-ortho nitro benzene ring substituents is 1. The number of carbonyl (C=O) groups is 3. The van der Waals surface area contributed by atoms with Gasteiger partial charge in [-0.05, 0) is 44.0 Å². The van der Waals surface area contributed by atoms with Gasteiger partial charge in [0.05, 0.1) is 10.6 Å². The van der Waals surface area contributed by atoms with Gasteiger partial charge >= 0.3 is 12.1 Å². The molecule has 2 atom stereocenters. The number of amides is 2. The van der Waals surface area contributed by atoms with Crippen molar-refractivity contribution in [3.8, 4) is 0 Å². The number of nitrogens with zero attached hydrogens (tertiary/aromatic N) is 5. The number of hydrogen-bond donors (Lipinski definition) is 1. The first-order valence-corrected chi connectivity index (χ1v) is 10.7. The maximum Gasteiger partial charge on any atom is 0.408 e. The van der Waals surface area contributed by atoms with E-state index in [1.54, 1.807) is 20.8 Å². The van der Waals surface area contributed by atoms with Gasteiger partial charge in [0.1, 0.15) is 29.3 Å². The number of nitro benzene ring substituents is 1. The largest absolute Gasteiger partial charge is 0.456 e. The minimum absolute atomic E-state index is 0.0246. The molecule has 1 unspecified atom stereocenters. The van der Waals surface area contributed by atoms with Gasteiger partial charge in [0.2, 0.25) is 0 Å². The van der Waals surface area contributed by atoms with E-state index in [2.05, 4.69) is 15.3 Å². The Labute approximate surface area is 191 Å². The Morgan fingerprint density at radius 2 is 2.03 bits per heavy atom. The number of nitrogens with one attached hydrogen (secondary N) is 1. The second-order valence-corrected chi connectivity index (χ2v) is 9.12. The van der Waals surface area contributed by atoms with Crippen LogP contribution in [0.4, 0.5) is 10.5 Å². The molecular weight excluding hydrogens is 456 g/mol. The number of alkyl carbamates (subject to hydrolysis) is 1. The first-order valence-electron chi connectivity index (χ1n) is 9.64. The van der Waals surface area contributed by atoms with Crippen LogP contribution in [0, 0.1) is 10.1 Å². The highest BCUT2D eigenvalue weighted by molar-refractivity contribution is 8.00. The molecule has 2 aliphatic heterocycles. The molecule has 0 spiro atoms. The molecule has 1 aromatic rings. The van der Waals surface area contributed by atoms with Crippen molar-refractivity contribution in [2.75, 3.05) is 5.75 Å². The zero-order valence-corrected chi connectivity index (χ0v) is 18.7. The molecule has 2 aliphatic rings. The maximum absolute atomic E-state index is 12.8. The zero-order chi connectivity index (χ0) is 24.3. The Kier molecular flexibility index (Phi) is 6.79. The van der Waals surface area contributed by atoms with Crippen LogP contribution in [0.5, 0.6) is 0 Å². The smallest absolute Gasteiger partial charge is 0.408 e. The van der Waals surface area contributed by atoms with Crippen LogP contribution in [0.2, 0.25) is 0 Å². The van der Waals surface area contributed by atoms with Crippen molar-refractivity contribution in [1.82, 2.24) is 10.2 Å². The molecule has 1 fully saturated rings. The Bertz CT molecular complexity index is 1080. The summed E-state index contributed by atoms with van der Waals surface area (Å²) >= 11 is 1.21. The van der Waals surface area contributed by atoms with E-state index in [0.29, 0.717) is 5.56 Å². The van der Waals surface area contributed by atoms with Crippen molar-refractivity contribution < 1.29 is 28.8 Å². The molecule has 2 amide bonds. The van der Waals surface area contributed by atoms with Gasteiger partial charge < -0.3 is 14.8 Å². The van der Waals surface area contributed by atoms with Crippen LogP contribution in [0.1, 0.15) is 26.3 Å². The number of carbonyl (C=O) groups excluding carboxylic acids is 3. The highest BCUT2D eigenvalue weighted by Gasteiger charge is 2.54. The predicted molar refractivity (Wildman–Crippen MR) is 115 cm³/mol. The summed E-state index contributed by atoms with van der Waals surface area (Å²) in [6.45, 7) is 4.84. The Hall–Kier alpha value is -3.77. The van der Waals surface area contributed by atoms with Crippen LogP contribution in [0.25, 0.3) is 10.4 Å². The van der Waals surface area contributed by atoms with E-state index in [1.807, 2.05) is 0 Å². The summed E-state index contributed by atoms with van der Waals surface area (Å²) < 4.78 is 10.4. The lowest BCUT2D eigenvalue weighted by molar-refractivity contribution is -0.384. The molecule has 33 heavy (non-hydrogen) atoms. The maximum atomic E-state index is 12.8. The summed E-state index contributed by atoms with van der Waals surface area (Å²) in [5.74, 6) is -1.36. The van der Waals surface area contributed by atoms with Gasteiger partial charge in [-0.2, -0.15) is 0 Å². The van der Waals surface area contributed by atoms with Gasteiger partial charge in [-0.3, -0.25) is 19.8 Å². The molecule has 3 rings (SSSR count). The summed E-state index contributed by atoms with van der Waals surface area (Å²) in [6, 6.07) is 4.49. The predicted octanol–water partition coefficient (Wildman–Crippen LogP) is 2.97. The van der Waals surface area contributed by atoms with Crippen molar-refractivity contribution in [2.45, 2.75) is 44.4 Å². The lowest BCUT2D eigenvalue weighted by Gasteiger charge is -2.49. The van der Waals surface area contributed by atoms with Gasteiger partial charge in [0.25, 0.3) is 11.6 Å². The molecule has 0 aromatic heterocycles. The van der Waals surface area contributed by atoms with Crippen molar-refractivity contribution in [2.24, 2.45) is 5.11 Å². The molecule has 174 valence electrons. The van der Waals surface area contributed by atoms with Crippen molar-refractivity contribution >= 4 is 35.4 Å². The fourth-order valence-electron chi connectivity index (χ4n) is 3.09. The van der Waals surface area contributed by atoms with E-state index < -0.39 is 39.9 Å². The fraction of sp³-hybridized carbons (Fsp3) is 0.421. The quantitative estimate of drug-likeness (QED) is 0.124. The lowest BCUT2D eigenvalue weighted by atomic mass is 10.0. The molecule has 2 heterocycles. The van der Waals surface area contributed by atoms with Crippen LogP contribution < -0.4 is 5.32 Å². The highest BCUT2D eigenvalue weighted by atomic mass is 32.2. The minimum Gasteiger partial charge on any atom is -0.456 e.